The summed E-state index contributed by atoms with van der Waals surface area (Å²) in [4.78, 5) is 29.9. The van der Waals surface area contributed by atoms with Crippen LogP contribution < -0.4 is 10.9 Å². The van der Waals surface area contributed by atoms with Gasteiger partial charge in [-0.3, -0.25) is 18.7 Å². The van der Waals surface area contributed by atoms with E-state index in [-0.39, 0.29) is 17.9 Å². The SMILES string of the molecule is Cc1cc2nnc(SCCC(=O)Nc3c(C)n(C)n(-c4ccccc4)c3=O)n2c(C)n1. The van der Waals surface area contributed by atoms with Gasteiger partial charge < -0.3 is 5.32 Å². The van der Waals surface area contributed by atoms with Crippen molar-refractivity contribution in [1.82, 2.24) is 28.9 Å². The van der Waals surface area contributed by atoms with Gasteiger partial charge in [-0.2, -0.15) is 0 Å². The first-order valence-corrected chi connectivity index (χ1v) is 10.8. The van der Waals surface area contributed by atoms with Crippen molar-refractivity contribution in [2.75, 3.05) is 11.1 Å². The lowest BCUT2D eigenvalue weighted by atomic mass is 10.3. The maximum Gasteiger partial charge on any atom is 0.295 e. The van der Waals surface area contributed by atoms with Gasteiger partial charge in [-0.1, -0.05) is 30.0 Å². The van der Waals surface area contributed by atoms with Crippen LogP contribution in [-0.2, 0) is 11.8 Å². The molecule has 31 heavy (non-hydrogen) atoms. The van der Waals surface area contributed by atoms with Gasteiger partial charge in [0.15, 0.2) is 10.8 Å². The van der Waals surface area contributed by atoms with E-state index < -0.39 is 0 Å². The lowest BCUT2D eigenvalue weighted by molar-refractivity contribution is -0.115. The molecule has 9 nitrogen and oxygen atoms in total. The van der Waals surface area contributed by atoms with Gasteiger partial charge in [0.05, 0.1) is 11.4 Å². The minimum Gasteiger partial charge on any atom is -0.320 e. The first-order valence-electron chi connectivity index (χ1n) is 9.83. The van der Waals surface area contributed by atoms with Crippen LogP contribution >= 0.6 is 11.8 Å². The summed E-state index contributed by atoms with van der Waals surface area (Å²) in [5, 5.41) is 11.9. The molecule has 0 aliphatic heterocycles. The highest BCUT2D eigenvalue weighted by atomic mass is 32.2. The van der Waals surface area contributed by atoms with Crippen molar-refractivity contribution in [1.29, 1.82) is 0 Å². The average molecular weight is 438 g/mol. The summed E-state index contributed by atoms with van der Waals surface area (Å²) in [6, 6.07) is 11.2. The fourth-order valence-electron chi connectivity index (χ4n) is 3.45. The van der Waals surface area contributed by atoms with E-state index in [4.69, 9.17) is 0 Å². The molecule has 0 unspecified atom stereocenters. The second kappa shape index (κ2) is 8.38. The molecule has 0 spiro atoms. The summed E-state index contributed by atoms with van der Waals surface area (Å²) in [5.41, 5.74) is 3.09. The highest BCUT2D eigenvalue weighted by Crippen LogP contribution is 2.20. The zero-order valence-electron chi connectivity index (χ0n) is 17.8. The zero-order chi connectivity index (χ0) is 22.1. The molecule has 0 aliphatic rings. The highest BCUT2D eigenvalue weighted by molar-refractivity contribution is 7.99. The lowest BCUT2D eigenvalue weighted by Gasteiger charge is -2.07. The molecule has 0 saturated carbocycles. The Labute approximate surface area is 183 Å². The van der Waals surface area contributed by atoms with E-state index in [1.165, 1.54) is 11.8 Å². The third-order valence-corrected chi connectivity index (χ3v) is 5.97. The van der Waals surface area contributed by atoms with Crippen LogP contribution in [0, 0.1) is 20.8 Å². The number of fused-ring (bicyclic) bond motifs is 1. The van der Waals surface area contributed by atoms with Crippen molar-refractivity contribution in [2.45, 2.75) is 32.3 Å². The van der Waals surface area contributed by atoms with Gasteiger partial charge in [0.25, 0.3) is 5.56 Å². The molecular formula is C21H23N7O2S. The van der Waals surface area contributed by atoms with Crippen LogP contribution in [0.3, 0.4) is 0 Å². The number of para-hydroxylation sites is 1. The van der Waals surface area contributed by atoms with Gasteiger partial charge in [-0.25, -0.2) is 9.67 Å². The number of aromatic nitrogens is 6. The summed E-state index contributed by atoms with van der Waals surface area (Å²) in [6.45, 7) is 5.62. The molecule has 0 saturated heterocycles. The Morgan fingerprint density at radius 2 is 1.87 bits per heavy atom. The third-order valence-electron chi connectivity index (χ3n) is 5.04. The molecule has 1 amide bonds. The Morgan fingerprint density at radius 1 is 1.13 bits per heavy atom. The molecule has 0 bridgehead atoms. The lowest BCUT2D eigenvalue weighted by Crippen LogP contribution is -2.23. The van der Waals surface area contributed by atoms with E-state index in [2.05, 4.69) is 20.5 Å². The summed E-state index contributed by atoms with van der Waals surface area (Å²) in [6.07, 6.45) is 0.233. The molecule has 160 valence electrons. The summed E-state index contributed by atoms with van der Waals surface area (Å²) in [7, 11) is 1.80. The van der Waals surface area contributed by atoms with E-state index in [9.17, 15) is 9.59 Å². The van der Waals surface area contributed by atoms with Crippen LogP contribution in [-0.4, -0.2) is 40.6 Å². The van der Waals surface area contributed by atoms with Gasteiger partial charge in [0, 0.05) is 31.0 Å². The van der Waals surface area contributed by atoms with Crippen LogP contribution in [0.1, 0.15) is 23.6 Å². The van der Waals surface area contributed by atoms with Gasteiger partial charge >= 0.3 is 0 Å². The van der Waals surface area contributed by atoms with E-state index in [0.29, 0.717) is 22.3 Å². The number of benzene rings is 1. The van der Waals surface area contributed by atoms with Crippen molar-refractivity contribution in [3.8, 4) is 5.69 Å². The number of nitrogens with one attached hydrogen (secondary N) is 1. The first kappa shape index (κ1) is 20.9. The second-order valence-corrected chi connectivity index (χ2v) is 8.27. The number of amides is 1. The predicted octanol–water partition coefficient (Wildman–Crippen LogP) is 2.66. The Hall–Kier alpha value is -3.40. The van der Waals surface area contributed by atoms with E-state index in [0.717, 1.165) is 22.9 Å². The average Bonchev–Trinajstić information content (AvgIpc) is 3.23. The number of carbonyl (C=O) groups is 1. The number of anilines is 1. The number of thioether (sulfide) groups is 1. The molecule has 3 aromatic heterocycles. The topological polar surface area (TPSA) is 99.1 Å². The van der Waals surface area contributed by atoms with Crippen molar-refractivity contribution in [3.63, 3.8) is 0 Å². The highest BCUT2D eigenvalue weighted by Gasteiger charge is 2.18. The van der Waals surface area contributed by atoms with Crippen LogP contribution in [0.2, 0.25) is 0 Å². The number of hydrogen-bond donors (Lipinski definition) is 1. The summed E-state index contributed by atoms with van der Waals surface area (Å²) in [5.74, 6) is 1.07. The largest absolute Gasteiger partial charge is 0.320 e. The van der Waals surface area contributed by atoms with Gasteiger partial charge in [0.1, 0.15) is 11.5 Å². The van der Waals surface area contributed by atoms with Gasteiger partial charge in [-0.05, 0) is 32.9 Å². The molecule has 0 radical (unpaired) electrons. The first-order chi connectivity index (χ1) is 14.9. The fourth-order valence-corrected chi connectivity index (χ4v) is 4.37. The number of carbonyl (C=O) groups excluding carboxylic acids is 1. The van der Waals surface area contributed by atoms with Crippen molar-refractivity contribution in [3.05, 3.63) is 64.0 Å². The van der Waals surface area contributed by atoms with Crippen LogP contribution in [0.25, 0.3) is 11.3 Å². The minimum atomic E-state index is -0.257. The van der Waals surface area contributed by atoms with E-state index in [1.807, 2.05) is 61.6 Å². The van der Waals surface area contributed by atoms with Crippen molar-refractivity contribution < 1.29 is 4.79 Å². The molecule has 4 rings (SSSR count). The fraction of sp³-hybridized carbons (Fsp3) is 0.286. The van der Waals surface area contributed by atoms with Crippen molar-refractivity contribution in [2.24, 2.45) is 7.05 Å². The molecule has 4 aromatic rings. The summed E-state index contributed by atoms with van der Waals surface area (Å²) >= 11 is 1.43. The monoisotopic (exact) mass is 437 g/mol. The molecule has 0 atom stereocenters. The standard InChI is InChI=1S/C21H23N7O2S/c1-13-12-17-24-25-21(27(17)15(3)22-13)31-11-10-18(29)23-19-14(2)26(4)28(20(19)30)16-8-6-5-7-9-16/h5-9,12H,10-11H2,1-4H3,(H,23,29). The van der Waals surface area contributed by atoms with Crippen LogP contribution in [0.5, 0.6) is 0 Å². The summed E-state index contributed by atoms with van der Waals surface area (Å²) < 4.78 is 5.15. The Balaban J connectivity index is 1.45. The molecule has 3 heterocycles. The molecule has 0 aliphatic carbocycles. The Bertz CT molecular complexity index is 1320. The Morgan fingerprint density at radius 3 is 2.61 bits per heavy atom. The minimum absolute atomic E-state index is 0.224. The Kier molecular flexibility index (Phi) is 5.64. The van der Waals surface area contributed by atoms with Gasteiger partial charge in [0.2, 0.25) is 5.91 Å². The molecule has 0 fully saturated rings. The predicted molar refractivity (Wildman–Crippen MR) is 120 cm³/mol. The zero-order valence-corrected chi connectivity index (χ0v) is 18.6. The molecule has 10 heteroatoms. The number of nitrogens with zero attached hydrogens (tertiary/aromatic N) is 6. The smallest absolute Gasteiger partial charge is 0.295 e. The number of hydrogen-bond acceptors (Lipinski definition) is 6. The van der Waals surface area contributed by atoms with Crippen LogP contribution in [0.4, 0.5) is 5.69 Å². The number of rotatable bonds is 6. The molecule has 1 N–H and O–H groups in total. The normalized spacial score (nSPS) is 11.2. The van der Waals surface area contributed by atoms with E-state index >= 15 is 0 Å². The molecule has 1 aromatic carbocycles. The quantitative estimate of drug-likeness (QED) is 0.466. The maximum absolute atomic E-state index is 12.9. The van der Waals surface area contributed by atoms with Crippen molar-refractivity contribution >= 4 is 29.0 Å². The van der Waals surface area contributed by atoms with E-state index in [1.54, 1.807) is 16.4 Å². The second-order valence-electron chi connectivity index (χ2n) is 7.20. The molecular weight excluding hydrogens is 414 g/mol. The van der Waals surface area contributed by atoms with Crippen LogP contribution in [0.15, 0.2) is 46.3 Å². The number of aryl methyl sites for hydroxylation is 2. The maximum atomic E-state index is 12.9. The third kappa shape index (κ3) is 3.98. The van der Waals surface area contributed by atoms with Gasteiger partial charge in [-0.15, -0.1) is 10.2 Å².